The number of nitrogens with two attached hydrogens (primary N) is 2. The average Bonchev–Trinajstić information content (AvgIpc) is 2.52. The predicted octanol–water partition coefficient (Wildman–Crippen LogP) is 2.05. The Kier molecular flexibility index (Phi) is 4.79. The monoisotopic (exact) mass is 284 g/mol. The second-order valence-corrected chi connectivity index (χ2v) is 4.74. The molecule has 2 aromatic rings. The van der Waals surface area contributed by atoms with Crippen LogP contribution in [0.25, 0.3) is 0 Å². The highest BCUT2D eigenvalue weighted by atomic mass is 16.5. The summed E-state index contributed by atoms with van der Waals surface area (Å²) in [6, 6.07) is 13.4. The van der Waals surface area contributed by atoms with Crippen molar-refractivity contribution in [3.05, 3.63) is 59.2 Å². The highest BCUT2D eigenvalue weighted by Gasteiger charge is 2.02. The first-order chi connectivity index (χ1) is 10.1. The molecule has 0 fully saturated rings. The van der Waals surface area contributed by atoms with E-state index in [1.807, 2.05) is 42.5 Å². The van der Waals surface area contributed by atoms with Crippen molar-refractivity contribution in [2.24, 2.45) is 11.5 Å². The van der Waals surface area contributed by atoms with Gasteiger partial charge in [0.15, 0.2) is 0 Å². The first-order valence-electron chi connectivity index (χ1n) is 6.67. The SMILES string of the molecule is COc1cc(CN)cc(CNc2cccc(C(=N)N)c2)c1. The lowest BCUT2D eigenvalue weighted by atomic mass is 10.1. The van der Waals surface area contributed by atoms with E-state index in [-0.39, 0.29) is 5.84 Å². The van der Waals surface area contributed by atoms with Gasteiger partial charge in [-0.1, -0.05) is 18.2 Å². The van der Waals surface area contributed by atoms with Crippen LogP contribution >= 0.6 is 0 Å². The molecule has 21 heavy (non-hydrogen) atoms. The van der Waals surface area contributed by atoms with Crippen molar-refractivity contribution in [3.63, 3.8) is 0 Å². The fourth-order valence-electron chi connectivity index (χ4n) is 2.07. The normalized spacial score (nSPS) is 10.2. The van der Waals surface area contributed by atoms with Crippen molar-refractivity contribution in [1.29, 1.82) is 5.41 Å². The molecule has 6 N–H and O–H groups in total. The van der Waals surface area contributed by atoms with Gasteiger partial charge in [-0.3, -0.25) is 5.41 Å². The van der Waals surface area contributed by atoms with E-state index in [0.717, 1.165) is 22.6 Å². The molecule has 0 heterocycles. The highest BCUT2D eigenvalue weighted by Crippen LogP contribution is 2.18. The molecule has 0 aliphatic carbocycles. The number of hydrogen-bond donors (Lipinski definition) is 4. The van der Waals surface area contributed by atoms with E-state index in [9.17, 15) is 0 Å². The van der Waals surface area contributed by atoms with Crippen molar-refractivity contribution in [1.82, 2.24) is 0 Å². The topological polar surface area (TPSA) is 97.1 Å². The van der Waals surface area contributed by atoms with Crippen molar-refractivity contribution in [2.75, 3.05) is 12.4 Å². The standard InChI is InChI=1S/C16H20N4O/c1-21-15-6-11(9-17)5-12(7-15)10-20-14-4-2-3-13(8-14)16(18)19/h2-8,20H,9-10,17H2,1H3,(H3,18,19). The summed E-state index contributed by atoms with van der Waals surface area (Å²) in [6.45, 7) is 1.12. The number of methoxy groups -OCH3 is 1. The van der Waals surface area contributed by atoms with Gasteiger partial charge < -0.3 is 21.5 Å². The van der Waals surface area contributed by atoms with Gasteiger partial charge in [0.25, 0.3) is 0 Å². The zero-order valence-corrected chi connectivity index (χ0v) is 12.0. The number of amidine groups is 1. The molecular weight excluding hydrogens is 264 g/mol. The minimum atomic E-state index is 0.0606. The molecule has 0 bridgehead atoms. The van der Waals surface area contributed by atoms with Crippen LogP contribution in [0.15, 0.2) is 42.5 Å². The third-order valence-electron chi connectivity index (χ3n) is 3.17. The van der Waals surface area contributed by atoms with Gasteiger partial charge in [-0.05, 0) is 35.4 Å². The maximum absolute atomic E-state index is 7.45. The van der Waals surface area contributed by atoms with Crippen molar-refractivity contribution in [2.45, 2.75) is 13.1 Å². The van der Waals surface area contributed by atoms with Crippen LogP contribution < -0.4 is 21.5 Å². The van der Waals surface area contributed by atoms with E-state index in [4.69, 9.17) is 21.6 Å². The summed E-state index contributed by atoms with van der Waals surface area (Å²) in [5, 5.41) is 10.8. The molecule has 0 aliphatic rings. The van der Waals surface area contributed by atoms with Crippen molar-refractivity contribution >= 4 is 11.5 Å². The Bertz CT molecular complexity index is 618. The number of benzene rings is 2. The number of hydrogen-bond acceptors (Lipinski definition) is 4. The third kappa shape index (κ3) is 3.97. The molecule has 2 aromatic carbocycles. The number of anilines is 1. The van der Waals surface area contributed by atoms with E-state index >= 15 is 0 Å². The van der Waals surface area contributed by atoms with Crippen LogP contribution in [0.4, 0.5) is 5.69 Å². The number of nitrogens with one attached hydrogen (secondary N) is 2. The van der Waals surface area contributed by atoms with Gasteiger partial charge in [0, 0.05) is 24.3 Å². The minimum absolute atomic E-state index is 0.0606. The van der Waals surface area contributed by atoms with Crippen LogP contribution in [0.2, 0.25) is 0 Å². The van der Waals surface area contributed by atoms with Gasteiger partial charge >= 0.3 is 0 Å². The second kappa shape index (κ2) is 6.76. The molecular formula is C16H20N4O. The zero-order chi connectivity index (χ0) is 15.2. The van der Waals surface area contributed by atoms with E-state index < -0.39 is 0 Å². The summed E-state index contributed by atoms with van der Waals surface area (Å²) in [4.78, 5) is 0. The highest BCUT2D eigenvalue weighted by molar-refractivity contribution is 5.95. The third-order valence-corrected chi connectivity index (χ3v) is 3.17. The van der Waals surface area contributed by atoms with E-state index in [2.05, 4.69) is 5.32 Å². The molecule has 0 aromatic heterocycles. The molecule has 0 spiro atoms. The molecule has 0 atom stereocenters. The molecule has 0 saturated carbocycles. The van der Waals surface area contributed by atoms with Gasteiger partial charge in [-0.25, -0.2) is 0 Å². The van der Waals surface area contributed by atoms with E-state index in [0.29, 0.717) is 18.7 Å². The maximum Gasteiger partial charge on any atom is 0.122 e. The van der Waals surface area contributed by atoms with Crippen LogP contribution in [-0.4, -0.2) is 12.9 Å². The Morgan fingerprint density at radius 2 is 1.95 bits per heavy atom. The van der Waals surface area contributed by atoms with Gasteiger partial charge in [-0.2, -0.15) is 0 Å². The van der Waals surface area contributed by atoms with Gasteiger partial charge in [0.05, 0.1) is 7.11 Å². The molecule has 5 heteroatoms. The molecule has 0 amide bonds. The summed E-state index contributed by atoms with van der Waals surface area (Å²) in [5.74, 6) is 0.859. The predicted molar refractivity (Wildman–Crippen MR) is 85.7 cm³/mol. The number of ether oxygens (including phenoxy) is 1. The number of rotatable bonds is 6. The summed E-state index contributed by atoms with van der Waals surface area (Å²) in [6.07, 6.45) is 0. The molecule has 0 aliphatic heterocycles. The van der Waals surface area contributed by atoms with Crippen LogP contribution in [0.1, 0.15) is 16.7 Å². The lowest BCUT2D eigenvalue weighted by molar-refractivity contribution is 0.414. The van der Waals surface area contributed by atoms with Crippen LogP contribution in [-0.2, 0) is 13.1 Å². The fourth-order valence-corrected chi connectivity index (χ4v) is 2.07. The molecule has 5 nitrogen and oxygen atoms in total. The minimum Gasteiger partial charge on any atom is -0.497 e. The molecule has 0 unspecified atom stereocenters. The molecule has 0 saturated heterocycles. The Morgan fingerprint density at radius 1 is 1.19 bits per heavy atom. The summed E-state index contributed by atoms with van der Waals surface area (Å²) in [7, 11) is 1.64. The largest absolute Gasteiger partial charge is 0.497 e. The Labute approximate surface area is 124 Å². The van der Waals surface area contributed by atoms with E-state index in [1.54, 1.807) is 7.11 Å². The Morgan fingerprint density at radius 3 is 2.62 bits per heavy atom. The van der Waals surface area contributed by atoms with Crippen molar-refractivity contribution < 1.29 is 4.74 Å². The average molecular weight is 284 g/mol. The lowest BCUT2D eigenvalue weighted by Crippen LogP contribution is -2.11. The zero-order valence-electron chi connectivity index (χ0n) is 12.0. The quantitative estimate of drug-likeness (QED) is 0.482. The first kappa shape index (κ1) is 14.9. The summed E-state index contributed by atoms with van der Waals surface area (Å²) >= 11 is 0. The Balaban J connectivity index is 2.12. The summed E-state index contributed by atoms with van der Waals surface area (Å²) in [5.41, 5.74) is 14.9. The van der Waals surface area contributed by atoms with Crippen molar-refractivity contribution in [3.8, 4) is 5.75 Å². The van der Waals surface area contributed by atoms with Crippen LogP contribution in [0.3, 0.4) is 0 Å². The van der Waals surface area contributed by atoms with Crippen LogP contribution in [0.5, 0.6) is 5.75 Å². The maximum atomic E-state index is 7.45. The molecule has 110 valence electrons. The summed E-state index contributed by atoms with van der Waals surface area (Å²) < 4.78 is 5.27. The van der Waals surface area contributed by atoms with Gasteiger partial charge in [0.2, 0.25) is 0 Å². The number of nitrogen functional groups attached to an aromatic ring is 1. The lowest BCUT2D eigenvalue weighted by Gasteiger charge is -2.11. The molecule has 0 radical (unpaired) electrons. The second-order valence-electron chi connectivity index (χ2n) is 4.74. The molecule has 2 rings (SSSR count). The van der Waals surface area contributed by atoms with E-state index in [1.165, 1.54) is 0 Å². The first-order valence-corrected chi connectivity index (χ1v) is 6.67. The van der Waals surface area contributed by atoms with Gasteiger partial charge in [0.1, 0.15) is 11.6 Å². The van der Waals surface area contributed by atoms with Crippen LogP contribution in [0, 0.1) is 5.41 Å². The Hall–Kier alpha value is -2.53. The smallest absolute Gasteiger partial charge is 0.122 e. The fraction of sp³-hybridized carbons (Fsp3) is 0.188. The van der Waals surface area contributed by atoms with Gasteiger partial charge in [-0.15, -0.1) is 0 Å².